The Labute approximate surface area is 123 Å². The number of nitro groups is 1. The number of likely N-dealkylation sites (N-methyl/N-ethyl adjacent to an activating group) is 1. The van der Waals surface area contributed by atoms with Crippen LogP contribution in [0.15, 0.2) is 23.1 Å². The lowest BCUT2D eigenvalue weighted by molar-refractivity contribution is -0.385. The molecule has 1 aromatic rings. The van der Waals surface area contributed by atoms with Crippen LogP contribution in [-0.4, -0.2) is 49.0 Å². The van der Waals surface area contributed by atoms with E-state index in [2.05, 4.69) is 5.32 Å². The van der Waals surface area contributed by atoms with E-state index in [0.717, 1.165) is 10.4 Å². The van der Waals surface area contributed by atoms with E-state index in [4.69, 9.17) is 0 Å². The van der Waals surface area contributed by atoms with Gasteiger partial charge in [-0.3, -0.25) is 10.1 Å². The quantitative estimate of drug-likeness (QED) is 0.598. The van der Waals surface area contributed by atoms with Crippen LogP contribution in [0.4, 0.5) is 11.4 Å². The monoisotopic (exact) mass is 317 g/mol. The van der Waals surface area contributed by atoms with Crippen LogP contribution in [0.2, 0.25) is 0 Å². The highest BCUT2D eigenvalue weighted by atomic mass is 32.2. The summed E-state index contributed by atoms with van der Waals surface area (Å²) in [6.45, 7) is 2.82. The summed E-state index contributed by atoms with van der Waals surface area (Å²) in [6.07, 6.45) is 0. The third-order valence-corrected chi connectivity index (χ3v) is 4.59. The fourth-order valence-electron chi connectivity index (χ4n) is 1.84. The van der Waals surface area contributed by atoms with E-state index >= 15 is 0 Å². The van der Waals surface area contributed by atoms with Crippen molar-refractivity contribution in [2.45, 2.75) is 24.3 Å². The number of anilines is 1. The van der Waals surface area contributed by atoms with Crippen molar-refractivity contribution in [2.75, 3.05) is 26.0 Å². The predicted molar refractivity (Wildman–Crippen MR) is 78.8 cm³/mol. The lowest BCUT2D eigenvalue weighted by Gasteiger charge is -2.25. The van der Waals surface area contributed by atoms with Crippen LogP contribution in [0.1, 0.15) is 13.8 Å². The zero-order valence-electron chi connectivity index (χ0n) is 12.3. The standard InChI is InChI=1S/C12H19N3O5S/c1-12(2,16)8-14(4)21(19,20)11-7-9(15(17)18)5-6-10(11)13-3/h5-7,13,16H,8H2,1-4H3. The lowest BCUT2D eigenvalue weighted by atomic mass is 10.1. The molecule has 1 rings (SSSR count). The van der Waals surface area contributed by atoms with Gasteiger partial charge in [0.15, 0.2) is 0 Å². The molecule has 0 aromatic heterocycles. The average Bonchev–Trinajstić information content (AvgIpc) is 2.35. The Kier molecular flexibility index (Phi) is 4.92. The smallest absolute Gasteiger partial charge is 0.270 e. The molecule has 0 aliphatic rings. The molecule has 0 amide bonds. The summed E-state index contributed by atoms with van der Waals surface area (Å²) in [4.78, 5) is 9.95. The second-order valence-electron chi connectivity index (χ2n) is 5.26. The van der Waals surface area contributed by atoms with Gasteiger partial charge in [-0.05, 0) is 19.9 Å². The molecule has 0 aliphatic heterocycles. The Hall–Kier alpha value is -1.71. The Morgan fingerprint density at radius 2 is 2.00 bits per heavy atom. The molecule has 0 aliphatic carbocycles. The number of nitrogens with one attached hydrogen (secondary N) is 1. The molecule has 0 saturated heterocycles. The number of benzene rings is 1. The first-order valence-electron chi connectivity index (χ1n) is 6.14. The molecule has 0 saturated carbocycles. The van der Waals surface area contributed by atoms with E-state index < -0.39 is 20.5 Å². The third-order valence-electron chi connectivity index (χ3n) is 2.74. The molecule has 8 nitrogen and oxygen atoms in total. The minimum Gasteiger partial charge on any atom is -0.389 e. The molecular formula is C12H19N3O5S. The first-order valence-corrected chi connectivity index (χ1v) is 7.58. The maximum atomic E-state index is 12.5. The average molecular weight is 317 g/mol. The van der Waals surface area contributed by atoms with Gasteiger partial charge >= 0.3 is 0 Å². The Balaban J connectivity index is 3.35. The summed E-state index contributed by atoms with van der Waals surface area (Å²) < 4.78 is 26.0. The van der Waals surface area contributed by atoms with E-state index in [9.17, 15) is 23.6 Å². The van der Waals surface area contributed by atoms with Crippen molar-refractivity contribution in [1.82, 2.24) is 4.31 Å². The fraction of sp³-hybridized carbons (Fsp3) is 0.500. The van der Waals surface area contributed by atoms with E-state index in [-0.39, 0.29) is 22.8 Å². The van der Waals surface area contributed by atoms with Crippen LogP contribution in [0, 0.1) is 10.1 Å². The van der Waals surface area contributed by atoms with Crippen LogP contribution < -0.4 is 5.32 Å². The molecule has 2 N–H and O–H groups in total. The molecule has 1 aromatic carbocycles. The van der Waals surface area contributed by atoms with E-state index in [0.29, 0.717) is 0 Å². The van der Waals surface area contributed by atoms with Crippen LogP contribution in [-0.2, 0) is 10.0 Å². The molecule has 0 heterocycles. The van der Waals surface area contributed by atoms with E-state index in [1.54, 1.807) is 0 Å². The molecule has 0 unspecified atom stereocenters. The lowest BCUT2D eigenvalue weighted by Crippen LogP contribution is -2.39. The first kappa shape index (κ1) is 17.3. The van der Waals surface area contributed by atoms with Crippen LogP contribution in [0.25, 0.3) is 0 Å². The summed E-state index contributed by atoms with van der Waals surface area (Å²) in [5.41, 5.74) is -1.28. The summed E-state index contributed by atoms with van der Waals surface area (Å²) in [5, 5.41) is 23.2. The minimum atomic E-state index is -3.96. The highest BCUT2D eigenvalue weighted by Gasteiger charge is 2.29. The molecule has 0 radical (unpaired) electrons. The van der Waals surface area contributed by atoms with Gasteiger partial charge in [-0.15, -0.1) is 0 Å². The number of aliphatic hydroxyl groups is 1. The number of non-ortho nitro benzene ring substituents is 1. The Morgan fingerprint density at radius 1 is 1.43 bits per heavy atom. The third kappa shape index (κ3) is 4.13. The van der Waals surface area contributed by atoms with Gasteiger partial charge in [0.05, 0.1) is 16.2 Å². The normalized spacial score (nSPS) is 12.5. The van der Waals surface area contributed by atoms with Gasteiger partial charge in [-0.1, -0.05) is 0 Å². The Morgan fingerprint density at radius 3 is 2.43 bits per heavy atom. The van der Waals surface area contributed by atoms with Crippen molar-refractivity contribution in [3.63, 3.8) is 0 Å². The fourth-order valence-corrected chi connectivity index (χ4v) is 3.38. The highest BCUT2D eigenvalue weighted by molar-refractivity contribution is 7.89. The number of hydrogen-bond acceptors (Lipinski definition) is 6. The predicted octanol–water partition coefficient (Wildman–Crippen LogP) is 1.03. The van der Waals surface area contributed by atoms with Gasteiger partial charge < -0.3 is 10.4 Å². The number of hydrogen-bond donors (Lipinski definition) is 2. The van der Waals surface area contributed by atoms with Crippen LogP contribution >= 0.6 is 0 Å². The van der Waals surface area contributed by atoms with Crippen LogP contribution in [0.5, 0.6) is 0 Å². The van der Waals surface area contributed by atoms with Crippen molar-refractivity contribution in [3.05, 3.63) is 28.3 Å². The van der Waals surface area contributed by atoms with Crippen molar-refractivity contribution in [3.8, 4) is 0 Å². The van der Waals surface area contributed by atoms with Crippen molar-refractivity contribution >= 4 is 21.4 Å². The molecule has 0 fully saturated rings. The number of nitro benzene ring substituents is 1. The number of sulfonamides is 1. The van der Waals surface area contributed by atoms with Crippen molar-refractivity contribution in [2.24, 2.45) is 0 Å². The van der Waals surface area contributed by atoms with E-state index in [1.165, 1.54) is 40.1 Å². The molecule has 21 heavy (non-hydrogen) atoms. The van der Waals surface area contributed by atoms with Crippen LogP contribution in [0.3, 0.4) is 0 Å². The van der Waals surface area contributed by atoms with Crippen molar-refractivity contribution in [1.29, 1.82) is 0 Å². The minimum absolute atomic E-state index is 0.138. The molecular weight excluding hydrogens is 298 g/mol. The molecule has 9 heteroatoms. The SMILES string of the molecule is CNc1ccc([N+](=O)[O-])cc1S(=O)(=O)N(C)CC(C)(C)O. The van der Waals surface area contributed by atoms with Gasteiger partial charge in [0.25, 0.3) is 5.69 Å². The topological polar surface area (TPSA) is 113 Å². The first-order chi connectivity index (χ1) is 9.49. The van der Waals surface area contributed by atoms with Gasteiger partial charge in [0.2, 0.25) is 10.0 Å². The Bertz CT molecular complexity index is 637. The zero-order chi connectivity index (χ0) is 16.4. The van der Waals surface area contributed by atoms with Crippen molar-refractivity contribution < 1.29 is 18.4 Å². The maximum absolute atomic E-state index is 12.5. The molecule has 0 bridgehead atoms. The molecule has 118 valence electrons. The molecule has 0 atom stereocenters. The molecule has 0 spiro atoms. The van der Waals surface area contributed by atoms with E-state index in [1.807, 2.05) is 0 Å². The second-order valence-corrected chi connectivity index (χ2v) is 7.27. The maximum Gasteiger partial charge on any atom is 0.270 e. The summed E-state index contributed by atoms with van der Waals surface area (Å²) in [6, 6.07) is 3.56. The number of rotatable bonds is 6. The zero-order valence-corrected chi connectivity index (χ0v) is 13.1. The highest BCUT2D eigenvalue weighted by Crippen LogP contribution is 2.28. The number of nitrogens with zero attached hydrogens (tertiary/aromatic N) is 2. The van der Waals surface area contributed by atoms with Gasteiger partial charge in [0, 0.05) is 32.8 Å². The van der Waals surface area contributed by atoms with Gasteiger partial charge in [0.1, 0.15) is 4.90 Å². The summed E-state index contributed by atoms with van der Waals surface area (Å²) in [7, 11) is -1.13. The summed E-state index contributed by atoms with van der Waals surface area (Å²) >= 11 is 0. The second kappa shape index (κ2) is 5.96. The summed E-state index contributed by atoms with van der Waals surface area (Å²) in [5.74, 6) is 0. The van der Waals surface area contributed by atoms with Gasteiger partial charge in [-0.2, -0.15) is 4.31 Å². The van der Waals surface area contributed by atoms with Gasteiger partial charge in [-0.25, -0.2) is 8.42 Å². The largest absolute Gasteiger partial charge is 0.389 e.